The molecule has 2 atom stereocenters. The summed E-state index contributed by atoms with van der Waals surface area (Å²) in [5.74, 6) is 1.24. The molecule has 6 heteroatoms. The van der Waals surface area contributed by atoms with Crippen LogP contribution in [0.2, 0.25) is 0 Å². The predicted molar refractivity (Wildman–Crippen MR) is 120 cm³/mol. The normalized spacial score (nSPS) is 18.5. The summed E-state index contributed by atoms with van der Waals surface area (Å²) in [6, 6.07) is 22.6. The van der Waals surface area contributed by atoms with Crippen molar-refractivity contribution >= 4 is 22.9 Å². The maximum Gasteiger partial charge on any atom is 0.140 e. The van der Waals surface area contributed by atoms with E-state index >= 15 is 0 Å². The van der Waals surface area contributed by atoms with E-state index in [0.29, 0.717) is 11.9 Å². The number of ether oxygens (including phenoxy) is 1. The van der Waals surface area contributed by atoms with Gasteiger partial charge in [0.05, 0.1) is 4.88 Å². The smallest absolute Gasteiger partial charge is 0.140 e. The first-order chi connectivity index (χ1) is 14.3. The van der Waals surface area contributed by atoms with Gasteiger partial charge in [-0.3, -0.25) is 5.41 Å². The zero-order chi connectivity index (χ0) is 19.9. The second kappa shape index (κ2) is 9.69. The van der Waals surface area contributed by atoms with Gasteiger partial charge in [-0.2, -0.15) is 0 Å². The van der Waals surface area contributed by atoms with E-state index in [1.165, 1.54) is 5.56 Å². The summed E-state index contributed by atoms with van der Waals surface area (Å²) in [5.41, 5.74) is 2.17. The van der Waals surface area contributed by atoms with Crippen molar-refractivity contribution in [2.45, 2.75) is 25.1 Å². The fraction of sp³-hybridized carbons (Fsp3) is 0.261. The van der Waals surface area contributed by atoms with Crippen LogP contribution >= 0.6 is 11.3 Å². The lowest BCUT2D eigenvalue weighted by Crippen LogP contribution is -2.33. The van der Waals surface area contributed by atoms with Crippen LogP contribution in [0.5, 0.6) is 5.75 Å². The molecular weight excluding hydrogens is 380 g/mol. The number of rotatable bonds is 8. The van der Waals surface area contributed by atoms with Crippen LogP contribution in [0.3, 0.4) is 0 Å². The van der Waals surface area contributed by atoms with Crippen molar-refractivity contribution in [3.63, 3.8) is 0 Å². The monoisotopic (exact) mass is 406 g/mol. The van der Waals surface area contributed by atoms with Gasteiger partial charge in [0, 0.05) is 43.9 Å². The van der Waals surface area contributed by atoms with Gasteiger partial charge in [-0.15, -0.1) is 11.3 Å². The average molecular weight is 407 g/mol. The summed E-state index contributed by atoms with van der Waals surface area (Å²) in [7, 11) is 0. The Morgan fingerprint density at radius 1 is 1.10 bits per heavy atom. The molecule has 0 unspecified atom stereocenters. The second-order valence-electron chi connectivity index (χ2n) is 7.20. The minimum Gasteiger partial charge on any atom is -0.489 e. The van der Waals surface area contributed by atoms with Gasteiger partial charge in [0.25, 0.3) is 0 Å². The number of hydrogen-bond acceptors (Lipinski definition) is 5. The minimum absolute atomic E-state index is 0.158. The SMILES string of the molecule is N=C(Nc1cccc(O[C@H]2CN[C@H](CNCc3ccccc3)C2)c1)c1cccs1. The molecule has 5 nitrogen and oxygen atoms in total. The number of hydrogen-bond donors (Lipinski definition) is 4. The van der Waals surface area contributed by atoms with Gasteiger partial charge in [-0.05, 0) is 29.1 Å². The summed E-state index contributed by atoms with van der Waals surface area (Å²) < 4.78 is 6.18. The van der Waals surface area contributed by atoms with E-state index in [-0.39, 0.29) is 6.10 Å². The van der Waals surface area contributed by atoms with Gasteiger partial charge < -0.3 is 20.7 Å². The van der Waals surface area contributed by atoms with Crippen LogP contribution in [-0.4, -0.2) is 31.1 Å². The Balaban J connectivity index is 1.24. The molecule has 2 aromatic carbocycles. The molecular formula is C23H26N4OS. The van der Waals surface area contributed by atoms with Crippen LogP contribution in [0.15, 0.2) is 72.1 Å². The highest BCUT2D eigenvalue weighted by molar-refractivity contribution is 7.12. The van der Waals surface area contributed by atoms with Crippen LogP contribution in [0, 0.1) is 5.41 Å². The van der Waals surface area contributed by atoms with E-state index in [2.05, 4.69) is 40.2 Å². The van der Waals surface area contributed by atoms with Crippen LogP contribution in [0.25, 0.3) is 0 Å². The van der Waals surface area contributed by atoms with Crippen molar-refractivity contribution in [3.05, 3.63) is 82.6 Å². The molecule has 0 aliphatic carbocycles. The van der Waals surface area contributed by atoms with E-state index in [9.17, 15) is 0 Å². The molecule has 29 heavy (non-hydrogen) atoms. The number of nitrogens with one attached hydrogen (secondary N) is 4. The Hall–Kier alpha value is -2.67. The second-order valence-corrected chi connectivity index (χ2v) is 8.15. The van der Waals surface area contributed by atoms with E-state index in [1.54, 1.807) is 11.3 Å². The van der Waals surface area contributed by atoms with Crippen molar-refractivity contribution in [3.8, 4) is 5.75 Å². The third-order valence-electron chi connectivity index (χ3n) is 4.92. The molecule has 0 radical (unpaired) electrons. The van der Waals surface area contributed by atoms with Crippen LogP contribution in [0.1, 0.15) is 16.9 Å². The zero-order valence-electron chi connectivity index (χ0n) is 16.2. The third kappa shape index (κ3) is 5.67. The Kier molecular flexibility index (Phi) is 6.56. The van der Waals surface area contributed by atoms with E-state index in [4.69, 9.17) is 10.1 Å². The number of amidine groups is 1. The van der Waals surface area contributed by atoms with Gasteiger partial charge in [0.2, 0.25) is 0 Å². The molecule has 0 spiro atoms. The highest BCUT2D eigenvalue weighted by Gasteiger charge is 2.25. The van der Waals surface area contributed by atoms with Crippen molar-refractivity contribution in [1.82, 2.24) is 10.6 Å². The lowest BCUT2D eigenvalue weighted by Gasteiger charge is -2.15. The summed E-state index contributed by atoms with van der Waals surface area (Å²) >= 11 is 1.55. The van der Waals surface area contributed by atoms with E-state index < -0.39 is 0 Å². The van der Waals surface area contributed by atoms with Crippen LogP contribution < -0.4 is 20.7 Å². The maximum absolute atomic E-state index is 8.17. The summed E-state index contributed by atoms with van der Waals surface area (Å²) in [6.45, 7) is 2.66. The van der Waals surface area contributed by atoms with E-state index in [1.807, 2.05) is 47.8 Å². The Labute approximate surface area is 175 Å². The number of anilines is 1. The van der Waals surface area contributed by atoms with Gasteiger partial charge in [-0.25, -0.2) is 0 Å². The largest absolute Gasteiger partial charge is 0.489 e. The maximum atomic E-state index is 8.17. The zero-order valence-corrected chi connectivity index (χ0v) is 17.0. The van der Waals surface area contributed by atoms with Crippen LogP contribution in [-0.2, 0) is 6.54 Å². The molecule has 1 aliphatic heterocycles. The molecule has 1 fully saturated rings. The summed E-state index contributed by atoms with van der Waals surface area (Å²) in [5, 5.41) is 20.4. The molecule has 3 aromatic rings. The molecule has 0 amide bonds. The standard InChI is InChI=1S/C23H26N4OS/c24-23(22-10-5-11-29-22)27-18-8-4-9-20(12-18)28-21-13-19(26-16-21)15-25-14-17-6-2-1-3-7-17/h1-12,19,21,25-26H,13-16H2,(H2,24,27)/t19-,21+/m0/s1. The molecule has 0 bridgehead atoms. The van der Waals surface area contributed by atoms with Crippen LogP contribution in [0.4, 0.5) is 5.69 Å². The molecule has 1 saturated heterocycles. The minimum atomic E-state index is 0.158. The molecule has 0 saturated carbocycles. The van der Waals surface area contributed by atoms with Crippen molar-refractivity contribution < 1.29 is 4.74 Å². The Bertz CT molecular complexity index is 914. The molecule has 4 rings (SSSR count). The lowest BCUT2D eigenvalue weighted by molar-refractivity contribution is 0.219. The van der Waals surface area contributed by atoms with Crippen molar-refractivity contribution in [2.24, 2.45) is 0 Å². The average Bonchev–Trinajstić information content (AvgIpc) is 3.42. The van der Waals surface area contributed by atoms with Crippen molar-refractivity contribution in [1.29, 1.82) is 5.41 Å². The summed E-state index contributed by atoms with van der Waals surface area (Å²) in [4.78, 5) is 0.919. The Morgan fingerprint density at radius 2 is 2.00 bits per heavy atom. The third-order valence-corrected chi connectivity index (χ3v) is 5.81. The molecule has 1 aromatic heterocycles. The molecule has 4 N–H and O–H groups in total. The first kappa shape index (κ1) is 19.6. The molecule has 150 valence electrons. The van der Waals surface area contributed by atoms with Gasteiger partial charge >= 0.3 is 0 Å². The number of thiophene rings is 1. The first-order valence-electron chi connectivity index (χ1n) is 9.90. The quantitative estimate of drug-likeness (QED) is 0.336. The summed E-state index contributed by atoms with van der Waals surface area (Å²) in [6.07, 6.45) is 1.13. The van der Waals surface area contributed by atoms with Gasteiger partial charge in [0.1, 0.15) is 17.7 Å². The highest BCUT2D eigenvalue weighted by atomic mass is 32.1. The topological polar surface area (TPSA) is 69.2 Å². The fourth-order valence-electron chi connectivity index (χ4n) is 3.48. The van der Waals surface area contributed by atoms with Gasteiger partial charge in [0.15, 0.2) is 0 Å². The Morgan fingerprint density at radius 3 is 2.83 bits per heavy atom. The molecule has 1 aliphatic rings. The fourth-order valence-corrected chi connectivity index (χ4v) is 4.11. The number of benzene rings is 2. The van der Waals surface area contributed by atoms with Gasteiger partial charge in [-0.1, -0.05) is 42.5 Å². The first-order valence-corrected chi connectivity index (χ1v) is 10.8. The molecule has 2 heterocycles. The van der Waals surface area contributed by atoms with Crippen molar-refractivity contribution in [2.75, 3.05) is 18.4 Å². The highest BCUT2D eigenvalue weighted by Crippen LogP contribution is 2.22. The predicted octanol–water partition coefficient (Wildman–Crippen LogP) is 4.08. The lowest BCUT2D eigenvalue weighted by atomic mass is 10.2. The van der Waals surface area contributed by atoms with E-state index in [0.717, 1.165) is 42.4 Å².